The van der Waals surface area contributed by atoms with E-state index in [1.807, 2.05) is 24.3 Å². The minimum atomic E-state index is -0.201. The van der Waals surface area contributed by atoms with E-state index in [9.17, 15) is 4.79 Å². The summed E-state index contributed by atoms with van der Waals surface area (Å²) in [6.45, 7) is 1.47. The van der Waals surface area contributed by atoms with Gasteiger partial charge in [-0.15, -0.1) is 0 Å². The van der Waals surface area contributed by atoms with Gasteiger partial charge in [0.15, 0.2) is 0 Å². The summed E-state index contributed by atoms with van der Waals surface area (Å²) in [6, 6.07) is 8.01. The van der Waals surface area contributed by atoms with Crippen molar-refractivity contribution >= 4 is 11.7 Å². The van der Waals surface area contributed by atoms with E-state index in [0.29, 0.717) is 0 Å². The molecule has 0 heterocycles. The number of carbonyl (C=O) groups excluding carboxylic acids is 1. The van der Waals surface area contributed by atoms with E-state index < -0.39 is 0 Å². The Morgan fingerprint density at radius 2 is 1.89 bits per heavy atom. The zero-order valence-corrected chi connectivity index (χ0v) is 11.5. The van der Waals surface area contributed by atoms with Crippen molar-refractivity contribution in [2.24, 2.45) is 0 Å². The second-order valence-corrected chi connectivity index (χ2v) is 4.91. The Kier molecular flexibility index (Phi) is 4.66. The van der Waals surface area contributed by atoms with Gasteiger partial charge in [-0.05, 0) is 43.5 Å². The number of nitrogens with one attached hydrogen (secondary N) is 1. The van der Waals surface area contributed by atoms with Crippen LogP contribution in [0.4, 0.5) is 5.69 Å². The first-order valence-corrected chi connectivity index (χ1v) is 6.77. The lowest BCUT2D eigenvalue weighted by molar-refractivity contribution is -0.148. The molecular formula is C15H21NO3. The SMILES string of the molecule is COc1ccc(N[C@H]2CCCC[C@@H]2OC(C)=O)cc1. The monoisotopic (exact) mass is 263 g/mol. The predicted molar refractivity (Wildman–Crippen MR) is 74.4 cm³/mol. The molecule has 1 saturated carbocycles. The van der Waals surface area contributed by atoms with Crippen molar-refractivity contribution in [1.29, 1.82) is 0 Å². The highest BCUT2D eigenvalue weighted by atomic mass is 16.5. The molecule has 1 aliphatic rings. The Morgan fingerprint density at radius 3 is 2.53 bits per heavy atom. The van der Waals surface area contributed by atoms with Gasteiger partial charge in [-0.1, -0.05) is 6.42 Å². The molecule has 0 aromatic heterocycles. The van der Waals surface area contributed by atoms with Gasteiger partial charge in [-0.25, -0.2) is 0 Å². The molecule has 1 aliphatic carbocycles. The molecule has 0 spiro atoms. The molecule has 0 bridgehead atoms. The van der Waals surface area contributed by atoms with E-state index in [0.717, 1.165) is 30.7 Å². The van der Waals surface area contributed by atoms with Crippen molar-refractivity contribution in [2.45, 2.75) is 44.8 Å². The van der Waals surface area contributed by atoms with Crippen LogP contribution < -0.4 is 10.1 Å². The molecular weight excluding hydrogens is 242 g/mol. The van der Waals surface area contributed by atoms with Crippen LogP contribution in [0.15, 0.2) is 24.3 Å². The molecule has 1 aromatic rings. The lowest BCUT2D eigenvalue weighted by Gasteiger charge is -2.32. The quantitative estimate of drug-likeness (QED) is 0.848. The normalized spacial score (nSPS) is 22.6. The van der Waals surface area contributed by atoms with Gasteiger partial charge in [0.25, 0.3) is 0 Å². The fourth-order valence-electron chi connectivity index (χ4n) is 2.52. The summed E-state index contributed by atoms with van der Waals surface area (Å²) in [5, 5.41) is 3.45. The minimum absolute atomic E-state index is 0.0200. The molecule has 4 nitrogen and oxygen atoms in total. The second-order valence-electron chi connectivity index (χ2n) is 4.91. The fraction of sp³-hybridized carbons (Fsp3) is 0.533. The van der Waals surface area contributed by atoms with E-state index in [1.165, 1.54) is 13.3 Å². The molecule has 0 saturated heterocycles. The molecule has 1 N–H and O–H groups in total. The number of hydrogen-bond donors (Lipinski definition) is 1. The second kappa shape index (κ2) is 6.45. The topological polar surface area (TPSA) is 47.6 Å². The van der Waals surface area contributed by atoms with Crippen LogP contribution in [0, 0.1) is 0 Å². The van der Waals surface area contributed by atoms with Gasteiger partial charge in [-0.2, -0.15) is 0 Å². The van der Waals surface area contributed by atoms with Crippen LogP contribution in [-0.4, -0.2) is 25.2 Å². The van der Waals surface area contributed by atoms with Gasteiger partial charge in [0.1, 0.15) is 11.9 Å². The lowest BCUT2D eigenvalue weighted by atomic mass is 9.92. The standard InChI is InChI=1S/C15H21NO3/c1-11(17)19-15-6-4-3-5-14(15)16-12-7-9-13(18-2)10-8-12/h7-10,14-16H,3-6H2,1-2H3/t14-,15-/m0/s1. The first-order chi connectivity index (χ1) is 9.19. The molecule has 2 atom stereocenters. The highest BCUT2D eigenvalue weighted by Gasteiger charge is 2.27. The van der Waals surface area contributed by atoms with Gasteiger partial charge in [-0.3, -0.25) is 4.79 Å². The van der Waals surface area contributed by atoms with E-state index in [-0.39, 0.29) is 18.1 Å². The van der Waals surface area contributed by atoms with Crippen molar-refractivity contribution < 1.29 is 14.3 Å². The molecule has 1 fully saturated rings. The third-order valence-corrected chi connectivity index (χ3v) is 3.46. The molecule has 0 radical (unpaired) electrons. The number of benzene rings is 1. The molecule has 0 amide bonds. The maximum absolute atomic E-state index is 11.1. The Bertz CT molecular complexity index is 416. The average Bonchev–Trinajstić information content (AvgIpc) is 2.41. The molecule has 19 heavy (non-hydrogen) atoms. The van der Waals surface area contributed by atoms with E-state index in [2.05, 4.69) is 5.32 Å². The van der Waals surface area contributed by atoms with Gasteiger partial charge in [0.05, 0.1) is 13.2 Å². The maximum atomic E-state index is 11.1. The van der Waals surface area contributed by atoms with Gasteiger partial charge < -0.3 is 14.8 Å². The van der Waals surface area contributed by atoms with E-state index in [4.69, 9.17) is 9.47 Å². The Balaban J connectivity index is 1.99. The molecule has 1 aromatic carbocycles. The number of hydrogen-bond acceptors (Lipinski definition) is 4. The van der Waals surface area contributed by atoms with E-state index in [1.54, 1.807) is 7.11 Å². The number of methoxy groups -OCH3 is 1. The smallest absolute Gasteiger partial charge is 0.302 e. The lowest BCUT2D eigenvalue weighted by Crippen LogP contribution is -2.39. The summed E-state index contributed by atoms with van der Waals surface area (Å²) in [6.07, 6.45) is 4.25. The van der Waals surface area contributed by atoms with Crippen molar-refractivity contribution in [3.63, 3.8) is 0 Å². The fourth-order valence-corrected chi connectivity index (χ4v) is 2.52. The predicted octanol–water partition coefficient (Wildman–Crippen LogP) is 2.98. The van der Waals surface area contributed by atoms with Crippen molar-refractivity contribution in [3.05, 3.63) is 24.3 Å². The third-order valence-electron chi connectivity index (χ3n) is 3.46. The number of ether oxygens (including phenoxy) is 2. The van der Waals surface area contributed by atoms with Gasteiger partial charge in [0, 0.05) is 12.6 Å². The first-order valence-electron chi connectivity index (χ1n) is 6.77. The minimum Gasteiger partial charge on any atom is -0.497 e. The summed E-state index contributed by atoms with van der Waals surface area (Å²) in [5.74, 6) is 0.638. The Morgan fingerprint density at radius 1 is 1.21 bits per heavy atom. The summed E-state index contributed by atoms with van der Waals surface area (Å²) in [7, 11) is 1.65. The van der Waals surface area contributed by atoms with E-state index >= 15 is 0 Å². The third kappa shape index (κ3) is 3.88. The Labute approximate surface area is 114 Å². The van der Waals surface area contributed by atoms with Crippen LogP contribution in [0.5, 0.6) is 5.75 Å². The summed E-state index contributed by atoms with van der Waals surface area (Å²) >= 11 is 0. The Hall–Kier alpha value is -1.71. The highest BCUT2D eigenvalue weighted by molar-refractivity contribution is 5.66. The van der Waals surface area contributed by atoms with Crippen LogP contribution in [0.2, 0.25) is 0 Å². The number of esters is 1. The molecule has 0 unspecified atom stereocenters. The molecule has 0 aliphatic heterocycles. The average molecular weight is 263 g/mol. The first kappa shape index (κ1) is 13.7. The summed E-state index contributed by atoms with van der Waals surface area (Å²) < 4.78 is 10.5. The van der Waals surface area contributed by atoms with Gasteiger partial charge in [0.2, 0.25) is 0 Å². The zero-order chi connectivity index (χ0) is 13.7. The summed E-state index contributed by atoms with van der Waals surface area (Å²) in [4.78, 5) is 11.1. The maximum Gasteiger partial charge on any atom is 0.302 e. The van der Waals surface area contributed by atoms with Crippen molar-refractivity contribution in [1.82, 2.24) is 0 Å². The largest absolute Gasteiger partial charge is 0.497 e. The van der Waals surface area contributed by atoms with Gasteiger partial charge >= 0.3 is 5.97 Å². The van der Waals surface area contributed by atoms with Crippen LogP contribution >= 0.6 is 0 Å². The molecule has 2 rings (SSSR count). The zero-order valence-electron chi connectivity index (χ0n) is 11.5. The van der Waals surface area contributed by atoms with Crippen molar-refractivity contribution in [2.75, 3.05) is 12.4 Å². The molecule has 4 heteroatoms. The van der Waals surface area contributed by atoms with Crippen LogP contribution in [0.3, 0.4) is 0 Å². The molecule has 104 valence electrons. The van der Waals surface area contributed by atoms with Crippen LogP contribution in [-0.2, 0) is 9.53 Å². The van der Waals surface area contributed by atoms with Crippen LogP contribution in [0.1, 0.15) is 32.6 Å². The number of anilines is 1. The highest BCUT2D eigenvalue weighted by Crippen LogP contribution is 2.25. The van der Waals surface area contributed by atoms with Crippen molar-refractivity contribution in [3.8, 4) is 5.75 Å². The van der Waals surface area contributed by atoms with Crippen LogP contribution in [0.25, 0.3) is 0 Å². The summed E-state index contributed by atoms with van der Waals surface area (Å²) in [5.41, 5.74) is 1.03. The number of rotatable bonds is 4. The number of carbonyl (C=O) groups is 1.